The van der Waals surface area contributed by atoms with E-state index in [4.69, 9.17) is 16.3 Å². The molecule has 0 spiro atoms. The molecule has 3 aromatic rings. The van der Waals surface area contributed by atoms with Gasteiger partial charge >= 0.3 is 0 Å². The molecule has 1 atom stereocenters. The molecule has 2 heterocycles. The van der Waals surface area contributed by atoms with Crippen LogP contribution in [0, 0.1) is 0 Å². The van der Waals surface area contributed by atoms with E-state index in [0.29, 0.717) is 30.4 Å². The monoisotopic (exact) mass is 409 g/mol. The molecule has 0 N–H and O–H groups in total. The zero-order chi connectivity index (χ0) is 20.2. The van der Waals surface area contributed by atoms with Crippen LogP contribution in [0.4, 0.5) is 0 Å². The Morgan fingerprint density at radius 3 is 2.59 bits per heavy atom. The number of hydrogen-bond donors (Lipinski definition) is 0. The summed E-state index contributed by atoms with van der Waals surface area (Å²) in [6, 6.07) is 20.1. The van der Waals surface area contributed by atoms with Crippen LogP contribution in [-0.2, 0) is 16.1 Å². The Bertz CT molecular complexity index is 1050. The van der Waals surface area contributed by atoms with E-state index in [9.17, 15) is 9.59 Å². The highest BCUT2D eigenvalue weighted by atomic mass is 35.5. The third-order valence-electron chi connectivity index (χ3n) is 4.88. The Morgan fingerprint density at radius 2 is 1.83 bits per heavy atom. The first-order valence-electron chi connectivity index (χ1n) is 9.38. The standard InChI is InChI=1S/C22H20ClN3O3/c23-18-8-6-16(7-9-18)19-10-11-21(27)26(24-19)15-22(28)25-12-13-29-20(14-25)17-4-2-1-3-5-17/h1-11,20H,12-15H2/t20-/m1/s1. The smallest absolute Gasteiger partial charge is 0.267 e. The van der Waals surface area contributed by atoms with Crippen molar-refractivity contribution >= 4 is 17.5 Å². The lowest BCUT2D eigenvalue weighted by Crippen LogP contribution is -2.44. The summed E-state index contributed by atoms with van der Waals surface area (Å²) in [5, 5.41) is 4.99. The Hall–Kier alpha value is -2.96. The highest BCUT2D eigenvalue weighted by Crippen LogP contribution is 2.22. The summed E-state index contributed by atoms with van der Waals surface area (Å²) in [7, 11) is 0. The summed E-state index contributed by atoms with van der Waals surface area (Å²) in [4.78, 5) is 26.8. The molecule has 148 valence electrons. The van der Waals surface area contributed by atoms with Gasteiger partial charge in [-0.25, -0.2) is 4.68 Å². The predicted molar refractivity (Wildman–Crippen MR) is 111 cm³/mol. The van der Waals surface area contributed by atoms with Gasteiger partial charge in [0, 0.05) is 23.2 Å². The number of benzene rings is 2. The summed E-state index contributed by atoms with van der Waals surface area (Å²) in [5.74, 6) is -0.155. The topological polar surface area (TPSA) is 64.4 Å². The zero-order valence-corrected chi connectivity index (χ0v) is 16.5. The third-order valence-corrected chi connectivity index (χ3v) is 5.13. The summed E-state index contributed by atoms with van der Waals surface area (Å²) in [5.41, 5.74) is 2.15. The number of carbonyl (C=O) groups excluding carboxylic acids is 1. The Labute approximate surface area is 173 Å². The van der Waals surface area contributed by atoms with Crippen LogP contribution in [-0.4, -0.2) is 40.3 Å². The second-order valence-corrected chi connectivity index (χ2v) is 7.27. The van der Waals surface area contributed by atoms with Crippen LogP contribution in [0.15, 0.2) is 71.5 Å². The highest BCUT2D eigenvalue weighted by Gasteiger charge is 2.25. The normalized spacial score (nSPS) is 16.6. The maximum absolute atomic E-state index is 12.8. The molecular weight excluding hydrogens is 390 g/mol. The number of nitrogens with zero attached hydrogens (tertiary/aromatic N) is 3. The van der Waals surface area contributed by atoms with Crippen LogP contribution >= 0.6 is 11.6 Å². The quantitative estimate of drug-likeness (QED) is 0.664. The van der Waals surface area contributed by atoms with Gasteiger partial charge in [-0.05, 0) is 23.8 Å². The van der Waals surface area contributed by atoms with Gasteiger partial charge in [-0.15, -0.1) is 0 Å². The van der Waals surface area contributed by atoms with Crippen molar-refractivity contribution in [1.29, 1.82) is 0 Å². The second kappa shape index (κ2) is 8.59. The number of amides is 1. The van der Waals surface area contributed by atoms with Gasteiger partial charge in [0.1, 0.15) is 12.6 Å². The van der Waals surface area contributed by atoms with E-state index < -0.39 is 0 Å². The fourth-order valence-corrected chi connectivity index (χ4v) is 3.44. The lowest BCUT2D eigenvalue weighted by Gasteiger charge is -2.33. The third kappa shape index (κ3) is 4.55. The van der Waals surface area contributed by atoms with E-state index >= 15 is 0 Å². The van der Waals surface area contributed by atoms with Crippen molar-refractivity contribution < 1.29 is 9.53 Å². The van der Waals surface area contributed by atoms with Crippen molar-refractivity contribution in [2.75, 3.05) is 19.7 Å². The number of ether oxygens (including phenoxy) is 1. The van der Waals surface area contributed by atoms with Gasteiger partial charge in [-0.2, -0.15) is 5.10 Å². The number of hydrogen-bond acceptors (Lipinski definition) is 4. The zero-order valence-electron chi connectivity index (χ0n) is 15.7. The molecule has 1 aliphatic heterocycles. The van der Waals surface area contributed by atoms with Crippen LogP contribution in [0.3, 0.4) is 0 Å². The van der Waals surface area contributed by atoms with Gasteiger partial charge in [-0.3, -0.25) is 9.59 Å². The molecule has 6 nitrogen and oxygen atoms in total. The molecule has 1 amide bonds. The molecule has 1 saturated heterocycles. The predicted octanol–water partition coefficient (Wildman–Crippen LogP) is 3.16. The van der Waals surface area contributed by atoms with E-state index in [2.05, 4.69) is 5.10 Å². The van der Waals surface area contributed by atoms with Crippen LogP contribution < -0.4 is 5.56 Å². The molecule has 4 rings (SSSR count). The Kier molecular flexibility index (Phi) is 5.74. The molecule has 0 unspecified atom stereocenters. The first-order valence-corrected chi connectivity index (χ1v) is 9.76. The van der Waals surface area contributed by atoms with Gasteiger partial charge < -0.3 is 9.64 Å². The number of halogens is 1. The van der Waals surface area contributed by atoms with Crippen molar-refractivity contribution in [3.8, 4) is 11.3 Å². The van der Waals surface area contributed by atoms with Crippen LogP contribution in [0.5, 0.6) is 0 Å². The fraction of sp³-hybridized carbons (Fsp3) is 0.227. The minimum atomic E-state index is -0.316. The molecule has 1 aliphatic rings. The molecule has 0 aliphatic carbocycles. The molecular formula is C22H20ClN3O3. The van der Waals surface area contributed by atoms with Crippen molar-refractivity contribution in [3.05, 3.63) is 87.7 Å². The van der Waals surface area contributed by atoms with Crippen molar-refractivity contribution in [2.45, 2.75) is 12.6 Å². The van der Waals surface area contributed by atoms with E-state index in [1.807, 2.05) is 42.5 Å². The van der Waals surface area contributed by atoms with Gasteiger partial charge in [0.05, 0.1) is 18.8 Å². The number of rotatable bonds is 4. The van der Waals surface area contributed by atoms with Crippen LogP contribution in [0.25, 0.3) is 11.3 Å². The summed E-state index contributed by atoms with van der Waals surface area (Å²) < 4.78 is 7.02. The van der Waals surface area contributed by atoms with E-state index in [0.717, 1.165) is 11.1 Å². The Balaban J connectivity index is 1.50. The second-order valence-electron chi connectivity index (χ2n) is 6.83. The van der Waals surface area contributed by atoms with E-state index in [1.54, 1.807) is 23.1 Å². The molecule has 0 saturated carbocycles. The van der Waals surface area contributed by atoms with Crippen LogP contribution in [0.1, 0.15) is 11.7 Å². The summed E-state index contributed by atoms with van der Waals surface area (Å²) in [6.45, 7) is 1.29. The average Bonchev–Trinajstić information content (AvgIpc) is 2.76. The molecule has 0 radical (unpaired) electrons. The van der Waals surface area contributed by atoms with Crippen molar-refractivity contribution in [3.63, 3.8) is 0 Å². The van der Waals surface area contributed by atoms with Crippen molar-refractivity contribution in [1.82, 2.24) is 14.7 Å². The fourth-order valence-electron chi connectivity index (χ4n) is 3.31. The van der Waals surface area contributed by atoms with Gasteiger partial charge in [-0.1, -0.05) is 54.1 Å². The first-order chi connectivity index (χ1) is 14.1. The maximum Gasteiger partial charge on any atom is 0.267 e. The summed E-state index contributed by atoms with van der Waals surface area (Å²) in [6.07, 6.45) is -0.168. The largest absolute Gasteiger partial charge is 0.370 e. The molecule has 29 heavy (non-hydrogen) atoms. The van der Waals surface area contributed by atoms with E-state index in [-0.39, 0.29) is 24.1 Å². The molecule has 1 fully saturated rings. The molecule has 7 heteroatoms. The van der Waals surface area contributed by atoms with Gasteiger partial charge in [0.2, 0.25) is 5.91 Å². The lowest BCUT2D eigenvalue weighted by atomic mass is 10.1. The highest BCUT2D eigenvalue weighted by molar-refractivity contribution is 6.30. The number of aromatic nitrogens is 2. The van der Waals surface area contributed by atoms with E-state index in [1.165, 1.54) is 10.7 Å². The molecule has 2 aromatic carbocycles. The van der Waals surface area contributed by atoms with Gasteiger partial charge in [0.25, 0.3) is 5.56 Å². The van der Waals surface area contributed by atoms with Gasteiger partial charge in [0.15, 0.2) is 0 Å². The minimum absolute atomic E-state index is 0.109. The maximum atomic E-state index is 12.8. The molecule has 0 bridgehead atoms. The molecule has 1 aromatic heterocycles. The average molecular weight is 410 g/mol. The van der Waals surface area contributed by atoms with Crippen LogP contribution in [0.2, 0.25) is 5.02 Å². The Morgan fingerprint density at radius 1 is 1.07 bits per heavy atom. The number of morpholine rings is 1. The summed E-state index contributed by atoms with van der Waals surface area (Å²) >= 11 is 5.93. The lowest BCUT2D eigenvalue weighted by molar-refractivity contribution is -0.139. The first kappa shape index (κ1) is 19.4. The van der Waals surface area contributed by atoms with Crippen molar-refractivity contribution in [2.24, 2.45) is 0 Å². The SMILES string of the molecule is O=C(Cn1nc(-c2ccc(Cl)cc2)ccc1=O)N1CCO[C@@H](c2ccccc2)C1. The number of carbonyl (C=O) groups is 1. The minimum Gasteiger partial charge on any atom is -0.370 e.